The Labute approximate surface area is 163 Å². The molecule has 0 aromatic heterocycles. The summed E-state index contributed by atoms with van der Waals surface area (Å²) >= 11 is 11.8. The molecule has 5 nitrogen and oxygen atoms in total. The number of hydrogen-bond donors (Lipinski definition) is 3. The number of para-hydroxylation sites is 1. The Hall–Kier alpha value is -2.24. The second kappa shape index (κ2) is 9.46. The zero-order valence-electron chi connectivity index (χ0n) is 14.6. The molecule has 2 rings (SSSR count). The summed E-state index contributed by atoms with van der Waals surface area (Å²) in [5, 5.41) is 9.42. The second-order valence-corrected chi connectivity index (χ2v) is 6.99. The normalized spacial score (nSPS) is 10.5. The van der Waals surface area contributed by atoms with E-state index < -0.39 is 0 Å². The first kappa shape index (κ1) is 20.1. The van der Waals surface area contributed by atoms with Crippen molar-refractivity contribution in [2.75, 3.05) is 23.7 Å². The average molecular weight is 394 g/mol. The van der Waals surface area contributed by atoms with Crippen LogP contribution in [-0.4, -0.2) is 24.9 Å². The molecule has 0 saturated carbocycles. The van der Waals surface area contributed by atoms with Gasteiger partial charge in [0.25, 0.3) is 5.91 Å². The highest BCUT2D eigenvalue weighted by Gasteiger charge is 2.13. The predicted molar refractivity (Wildman–Crippen MR) is 107 cm³/mol. The maximum absolute atomic E-state index is 12.3. The molecule has 0 aliphatic rings. The number of anilines is 2. The van der Waals surface area contributed by atoms with Gasteiger partial charge in [-0.2, -0.15) is 0 Å². The van der Waals surface area contributed by atoms with Crippen molar-refractivity contribution in [1.29, 1.82) is 0 Å². The van der Waals surface area contributed by atoms with Gasteiger partial charge in [0.05, 0.1) is 27.8 Å². The fourth-order valence-electron chi connectivity index (χ4n) is 2.16. The summed E-state index contributed by atoms with van der Waals surface area (Å²) in [6, 6.07) is 11.9. The molecule has 2 aromatic rings. The number of benzene rings is 2. The van der Waals surface area contributed by atoms with Crippen molar-refractivity contribution in [1.82, 2.24) is 5.32 Å². The minimum atomic E-state index is -0.278. The van der Waals surface area contributed by atoms with E-state index in [4.69, 9.17) is 23.2 Å². The number of nitrogens with one attached hydrogen (secondary N) is 3. The van der Waals surface area contributed by atoms with Crippen LogP contribution in [0.15, 0.2) is 42.5 Å². The van der Waals surface area contributed by atoms with Crippen molar-refractivity contribution in [3.8, 4) is 0 Å². The highest BCUT2D eigenvalue weighted by Crippen LogP contribution is 2.24. The van der Waals surface area contributed by atoms with Crippen LogP contribution in [0, 0.1) is 5.92 Å². The Balaban J connectivity index is 1.98. The summed E-state index contributed by atoms with van der Waals surface area (Å²) in [5.74, 6) is -0.150. The number of carbonyl (C=O) groups is 2. The van der Waals surface area contributed by atoms with Crippen LogP contribution in [0.25, 0.3) is 0 Å². The van der Waals surface area contributed by atoms with Gasteiger partial charge in [0.15, 0.2) is 0 Å². The molecule has 0 fully saturated rings. The first-order chi connectivity index (χ1) is 12.4. The van der Waals surface area contributed by atoms with Gasteiger partial charge >= 0.3 is 0 Å². The SMILES string of the molecule is CC(C)CNC(=O)c1ccccc1NC(=O)CNc1ccc(Cl)c(Cl)c1. The molecule has 3 N–H and O–H groups in total. The van der Waals surface area contributed by atoms with E-state index in [1.54, 1.807) is 42.5 Å². The van der Waals surface area contributed by atoms with E-state index in [1.165, 1.54) is 0 Å². The lowest BCUT2D eigenvalue weighted by atomic mass is 10.1. The molecule has 26 heavy (non-hydrogen) atoms. The smallest absolute Gasteiger partial charge is 0.253 e. The lowest BCUT2D eigenvalue weighted by Gasteiger charge is -2.13. The number of carbonyl (C=O) groups excluding carboxylic acids is 2. The fourth-order valence-corrected chi connectivity index (χ4v) is 2.46. The standard InChI is InChI=1S/C19H21Cl2N3O2/c1-12(2)10-23-19(26)14-5-3-4-6-17(14)24-18(25)11-22-13-7-8-15(20)16(21)9-13/h3-9,12,22H,10-11H2,1-2H3,(H,23,26)(H,24,25). The van der Waals surface area contributed by atoms with Crippen molar-refractivity contribution in [3.05, 3.63) is 58.1 Å². The highest BCUT2D eigenvalue weighted by molar-refractivity contribution is 6.42. The molecule has 0 heterocycles. The van der Waals surface area contributed by atoms with Gasteiger partial charge < -0.3 is 16.0 Å². The number of rotatable bonds is 7. The van der Waals surface area contributed by atoms with E-state index in [0.29, 0.717) is 39.4 Å². The summed E-state index contributed by atoms with van der Waals surface area (Å²) in [7, 11) is 0. The Morgan fingerprint density at radius 3 is 2.46 bits per heavy atom. The maximum atomic E-state index is 12.3. The summed E-state index contributed by atoms with van der Waals surface area (Å²) < 4.78 is 0. The molecule has 0 radical (unpaired) electrons. The van der Waals surface area contributed by atoms with E-state index in [-0.39, 0.29) is 18.4 Å². The van der Waals surface area contributed by atoms with Crippen LogP contribution in [-0.2, 0) is 4.79 Å². The third-order valence-electron chi connectivity index (χ3n) is 3.49. The predicted octanol–water partition coefficient (Wildman–Crippen LogP) is 4.43. The molecule has 0 spiro atoms. The molecular weight excluding hydrogens is 373 g/mol. The minimum absolute atomic E-state index is 0.0277. The van der Waals surface area contributed by atoms with Crippen LogP contribution in [0.4, 0.5) is 11.4 Å². The van der Waals surface area contributed by atoms with Crippen LogP contribution in [0.2, 0.25) is 10.0 Å². The zero-order chi connectivity index (χ0) is 19.1. The first-order valence-electron chi connectivity index (χ1n) is 8.23. The molecule has 0 bridgehead atoms. The van der Waals surface area contributed by atoms with Gasteiger partial charge in [-0.3, -0.25) is 9.59 Å². The fraction of sp³-hybridized carbons (Fsp3) is 0.263. The molecule has 0 unspecified atom stereocenters. The molecule has 0 saturated heterocycles. The van der Waals surface area contributed by atoms with Crippen LogP contribution in [0.3, 0.4) is 0 Å². The van der Waals surface area contributed by atoms with Crippen LogP contribution in [0.5, 0.6) is 0 Å². The van der Waals surface area contributed by atoms with Crippen molar-refractivity contribution in [2.45, 2.75) is 13.8 Å². The Kier molecular flexibility index (Phi) is 7.30. The third kappa shape index (κ3) is 5.93. The first-order valence-corrected chi connectivity index (χ1v) is 8.98. The molecule has 0 aliphatic heterocycles. The van der Waals surface area contributed by atoms with E-state index in [9.17, 15) is 9.59 Å². The highest BCUT2D eigenvalue weighted by atomic mass is 35.5. The molecule has 0 atom stereocenters. The van der Waals surface area contributed by atoms with Gasteiger partial charge in [0.1, 0.15) is 0 Å². The molecule has 0 aliphatic carbocycles. The molecule has 2 amide bonds. The topological polar surface area (TPSA) is 70.2 Å². The Morgan fingerprint density at radius 2 is 1.77 bits per heavy atom. The summed E-state index contributed by atoms with van der Waals surface area (Å²) in [6.07, 6.45) is 0. The Morgan fingerprint density at radius 1 is 1.04 bits per heavy atom. The van der Waals surface area contributed by atoms with Gasteiger partial charge in [0, 0.05) is 12.2 Å². The van der Waals surface area contributed by atoms with Crippen LogP contribution < -0.4 is 16.0 Å². The number of halogens is 2. The Bertz CT molecular complexity index is 794. The lowest BCUT2D eigenvalue weighted by Crippen LogP contribution is -2.29. The monoisotopic (exact) mass is 393 g/mol. The molecular formula is C19H21Cl2N3O2. The lowest BCUT2D eigenvalue weighted by molar-refractivity contribution is -0.114. The zero-order valence-corrected chi connectivity index (χ0v) is 16.1. The van der Waals surface area contributed by atoms with Crippen molar-refractivity contribution >= 4 is 46.4 Å². The molecule has 7 heteroatoms. The summed E-state index contributed by atoms with van der Waals surface area (Å²) in [6.45, 7) is 4.63. The van der Waals surface area contributed by atoms with Crippen LogP contribution >= 0.6 is 23.2 Å². The largest absolute Gasteiger partial charge is 0.376 e. The van der Waals surface area contributed by atoms with Crippen molar-refractivity contribution in [2.24, 2.45) is 5.92 Å². The van der Waals surface area contributed by atoms with E-state index in [2.05, 4.69) is 16.0 Å². The van der Waals surface area contributed by atoms with Crippen molar-refractivity contribution in [3.63, 3.8) is 0 Å². The van der Waals surface area contributed by atoms with Gasteiger partial charge in [-0.1, -0.05) is 49.2 Å². The van der Waals surface area contributed by atoms with Gasteiger partial charge in [-0.15, -0.1) is 0 Å². The van der Waals surface area contributed by atoms with E-state index in [1.807, 2.05) is 13.8 Å². The quantitative estimate of drug-likeness (QED) is 0.651. The minimum Gasteiger partial charge on any atom is -0.376 e. The second-order valence-electron chi connectivity index (χ2n) is 6.18. The van der Waals surface area contributed by atoms with Gasteiger partial charge in [0.2, 0.25) is 5.91 Å². The van der Waals surface area contributed by atoms with Gasteiger partial charge in [-0.05, 0) is 36.2 Å². The average Bonchev–Trinajstić information content (AvgIpc) is 2.61. The third-order valence-corrected chi connectivity index (χ3v) is 4.23. The number of amides is 2. The number of hydrogen-bond acceptors (Lipinski definition) is 3. The maximum Gasteiger partial charge on any atom is 0.253 e. The van der Waals surface area contributed by atoms with E-state index >= 15 is 0 Å². The summed E-state index contributed by atoms with van der Waals surface area (Å²) in [5.41, 5.74) is 1.57. The van der Waals surface area contributed by atoms with Crippen molar-refractivity contribution < 1.29 is 9.59 Å². The van der Waals surface area contributed by atoms with Gasteiger partial charge in [-0.25, -0.2) is 0 Å². The molecule has 2 aromatic carbocycles. The molecule has 138 valence electrons. The van der Waals surface area contributed by atoms with E-state index in [0.717, 1.165) is 0 Å². The van der Waals surface area contributed by atoms with Crippen LogP contribution in [0.1, 0.15) is 24.2 Å². The summed E-state index contributed by atoms with van der Waals surface area (Å²) in [4.78, 5) is 24.5.